The number of methoxy groups -OCH3 is 1. The van der Waals surface area contributed by atoms with E-state index in [1.165, 1.54) is 17.8 Å². The molecular formula is C23H21FN4O2S. The summed E-state index contributed by atoms with van der Waals surface area (Å²) in [4.78, 5) is 4.18. The first-order valence-corrected chi connectivity index (χ1v) is 10.6. The zero-order chi connectivity index (χ0) is 21.6. The minimum atomic E-state index is -0.358. The second kappa shape index (κ2) is 9.61. The smallest absolute Gasteiger partial charge is 0.196 e. The van der Waals surface area contributed by atoms with Crippen LogP contribution in [-0.2, 0) is 6.61 Å². The molecule has 2 aromatic carbocycles. The minimum absolute atomic E-state index is 0.0544. The van der Waals surface area contributed by atoms with Gasteiger partial charge in [0.05, 0.1) is 12.8 Å². The molecule has 158 valence electrons. The van der Waals surface area contributed by atoms with Crippen molar-refractivity contribution in [3.63, 3.8) is 0 Å². The van der Waals surface area contributed by atoms with E-state index >= 15 is 0 Å². The molecule has 0 bridgehead atoms. The number of rotatable bonds is 8. The summed E-state index contributed by atoms with van der Waals surface area (Å²) in [5, 5.41) is 9.25. The van der Waals surface area contributed by atoms with E-state index in [1.807, 2.05) is 42.6 Å². The summed E-state index contributed by atoms with van der Waals surface area (Å²) in [7, 11) is 1.61. The normalized spacial score (nSPS) is 11.8. The zero-order valence-electron chi connectivity index (χ0n) is 17.1. The fraction of sp³-hybridized carbons (Fsp3) is 0.174. The minimum Gasteiger partial charge on any atom is -0.497 e. The third-order valence-electron chi connectivity index (χ3n) is 4.66. The van der Waals surface area contributed by atoms with Crippen molar-refractivity contribution in [2.24, 2.45) is 0 Å². The molecule has 0 saturated carbocycles. The number of thioether (sulfide) groups is 1. The molecule has 1 unspecified atom stereocenters. The third kappa shape index (κ3) is 4.86. The summed E-state index contributed by atoms with van der Waals surface area (Å²) in [6.07, 6.45) is 3.55. The van der Waals surface area contributed by atoms with Crippen LogP contribution in [0.25, 0.3) is 5.69 Å². The monoisotopic (exact) mass is 436 g/mol. The van der Waals surface area contributed by atoms with Crippen LogP contribution in [0.3, 0.4) is 0 Å². The van der Waals surface area contributed by atoms with Crippen molar-refractivity contribution < 1.29 is 13.9 Å². The van der Waals surface area contributed by atoms with E-state index in [0.717, 1.165) is 11.3 Å². The maximum atomic E-state index is 14.7. The number of benzene rings is 2. The van der Waals surface area contributed by atoms with Crippen molar-refractivity contribution in [2.75, 3.05) is 7.11 Å². The molecule has 4 aromatic rings. The number of ether oxygens (including phenoxy) is 2. The molecule has 0 fully saturated rings. The summed E-state index contributed by atoms with van der Waals surface area (Å²) >= 11 is 1.48. The van der Waals surface area contributed by atoms with Crippen LogP contribution in [0.2, 0.25) is 0 Å². The Balaban J connectivity index is 1.62. The predicted molar refractivity (Wildman–Crippen MR) is 117 cm³/mol. The molecular weight excluding hydrogens is 415 g/mol. The Labute approximate surface area is 184 Å². The Morgan fingerprint density at radius 3 is 2.48 bits per heavy atom. The second-order valence-electron chi connectivity index (χ2n) is 6.70. The molecule has 0 aliphatic heterocycles. The highest BCUT2D eigenvalue weighted by Gasteiger charge is 2.20. The van der Waals surface area contributed by atoms with Crippen molar-refractivity contribution in [3.8, 4) is 17.2 Å². The Morgan fingerprint density at radius 1 is 1.00 bits per heavy atom. The molecule has 8 heteroatoms. The number of pyridine rings is 1. The van der Waals surface area contributed by atoms with Gasteiger partial charge in [-0.1, -0.05) is 30.0 Å². The van der Waals surface area contributed by atoms with Gasteiger partial charge in [0.15, 0.2) is 11.0 Å². The average molecular weight is 437 g/mol. The second-order valence-corrected chi connectivity index (χ2v) is 8.00. The molecule has 2 aromatic heterocycles. The van der Waals surface area contributed by atoms with Crippen LogP contribution in [0.4, 0.5) is 4.39 Å². The van der Waals surface area contributed by atoms with E-state index < -0.39 is 0 Å². The summed E-state index contributed by atoms with van der Waals surface area (Å²) in [6.45, 7) is 2.19. The Morgan fingerprint density at radius 2 is 1.77 bits per heavy atom. The van der Waals surface area contributed by atoms with Crippen LogP contribution in [0.15, 0.2) is 78.2 Å². The van der Waals surface area contributed by atoms with E-state index in [9.17, 15) is 4.39 Å². The Bertz CT molecular complexity index is 1140. The van der Waals surface area contributed by atoms with E-state index in [1.54, 1.807) is 36.1 Å². The lowest BCUT2D eigenvalue weighted by atomic mass is 10.2. The SMILES string of the molecule is COc1ccc(OCc2nnc(SC(C)c3cccnc3)n2-c2ccccc2F)cc1. The van der Waals surface area contributed by atoms with Gasteiger partial charge in [0.2, 0.25) is 0 Å². The topological polar surface area (TPSA) is 62.1 Å². The van der Waals surface area contributed by atoms with Crippen LogP contribution in [-0.4, -0.2) is 26.9 Å². The van der Waals surface area contributed by atoms with Gasteiger partial charge in [-0.05, 0) is 55.0 Å². The number of para-hydroxylation sites is 1. The Kier molecular flexibility index (Phi) is 6.47. The molecule has 0 saturated heterocycles. The molecule has 4 rings (SSSR count). The summed E-state index contributed by atoms with van der Waals surface area (Å²) in [5.41, 5.74) is 1.42. The van der Waals surface area contributed by atoms with Gasteiger partial charge in [0.1, 0.15) is 23.9 Å². The molecule has 2 heterocycles. The summed E-state index contributed by atoms with van der Waals surface area (Å²) in [6, 6.07) is 17.7. The molecule has 0 aliphatic rings. The number of aromatic nitrogens is 4. The lowest BCUT2D eigenvalue weighted by Crippen LogP contribution is -2.08. The molecule has 0 N–H and O–H groups in total. The molecule has 1 atom stereocenters. The van der Waals surface area contributed by atoms with E-state index in [4.69, 9.17) is 9.47 Å². The van der Waals surface area contributed by atoms with Crippen molar-refractivity contribution in [1.29, 1.82) is 0 Å². The number of hydrogen-bond donors (Lipinski definition) is 0. The van der Waals surface area contributed by atoms with E-state index in [-0.39, 0.29) is 17.7 Å². The zero-order valence-corrected chi connectivity index (χ0v) is 17.9. The highest BCUT2D eigenvalue weighted by molar-refractivity contribution is 7.99. The first kappa shape index (κ1) is 20.9. The van der Waals surface area contributed by atoms with Crippen molar-refractivity contribution in [2.45, 2.75) is 23.9 Å². The summed E-state index contributed by atoms with van der Waals surface area (Å²) in [5.74, 6) is 1.54. The van der Waals surface area contributed by atoms with Gasteiger partial charge in [-0.3, -0.25) is 9.55 Å². The quantitative estimate of drug-likeness (QED) is 0.352. The Hall–Kier alpha value is -3.39. The van der Waals surface area contributed by atoms with Gasteiger partial charge in [-0.2, -0.15) is 0 Å². The number of nitrogens with zero attached hydrogens (tertiary/aromatic N) is 4. The average Bonchev–Trinajstić information content (AvgIpc) is 3.21. The first-order chi connectivity index (χ1) is 15.2. The van der Waals surface area contributed by atoms with Gasteiger partial charge in [-0.25, -0.2) is 4.39 Å². The molecule has 0 radical (unpaired) electrons. The van der Waals surface area contributed by atoms with Gasteiger partial charge < -0.3 is 9.47 Å². The largest absolute Gasteiger partial charge is 0.497 e. The van der Waals surface area contributed by atoms with Crippen LogP contribution in [0.1, 0.15) is 23.6 Å². The third-order valence-corrected chi connectivity index (χ3v) is 5.76. The van der Waals surface area contributed by atoms with Gasteiger partial charge in [0, 0.05) is 17.6 Å². The highest BCUT2D eigenvalue weighted by Crippen LogP contribution is 2.35. The molecule has 0 amide bonds. The number of halogens is 1. The van der Waals surface area contributed by atoms with Gasteiger partial charge in [-0.15, -0.1) is 10.2 Å². The van der Waals surface area contributed by atoms with Gasteiger partial charge in [0.25, 0.3) is 0 Å². The molecule has 0 spiro atoms. The van der Waals surface area contributed by atoms with E-state index in [2.05, 4.69) is 22.1 Å². The van der Waals surface area contributed by atoms with Crippen molar-refractivity contribution >= 4 is 11.8 Å². The van der Waals surface area contributed by atoms with Crippen molar-refractivity contribution in [3.05, 3.63) is 90.3 Å². The van der Waals surface area contributed by atoms with Crippen LogP contribution >= 0.6 is 11.8 Å². The fourth-order valence-electron chi connectivity index (χ4n) is 3.01. The summed E-state index contributed by atoms with van der Waals surface area (Å²) < 4.78 is 27.4. The lowest BCUT2D eigenvalue weighted by Gasteiger charge is -2.14. The number of hydrogen-bond acceptors (Lipinski definition) is 6. The van der Waals surface area contributed by atoms with E-state index in [0.29, 0.717) is 22.4 Å². The van der Waals surface area contributed by atoms with Crippen molar-refractivity contribution in [1.82, 2.24) is 19.7 Å². The standard InChI is InChI=1S/C23H21FN4O2S/c1-16(17-6-5-13-25-14-17)31-23-27-26-22(28(23)21-8-4-3-7-20(21)24)15-30-19-11-9-18(29-2)10-12-19/h3-14,16H,15H2,1-2H3. The molecule has 6 nitrogen and oxygen atoms in total. The molecule has 0 aliphatic carbocycles. The van der Waals surface area contributed by atoms with Gasteiger partial charge >= 0.3 is 0 Å². The highest BCUT2D eigenvalue weighted by atomic mass is 32.2. The maximum absolute atomic E-state index is 14.7. The predicted octanol–water partition coefficient (Wildman–Crippen LogP) is 5.24. The maximum Gasteiger partial charge on any atom is 0.196 e. The van der Waals surface area contributed by atoms with Crippen LogP contribution in [0, 0.1) is 5.82 Å². The fourth-order valence-corrected chi connectivity index (χ4v) is 4.00. The lowest BCUT2D eigenvalue weighted by molar-refractivity contribution is 0.292. The first-order valence-electron chi connectivity index (χ1n) is 9.68. The van der Waals surface area contributed by atoms with Crippen LogP contribution < -0.4 is 9.47 Å². The van der Waals surface area contributed by atoms with Crippen LogP contribution in [0.5, 0.6) is 11.5 Å². The molecule has 31 heavy (non-hydrogen) atoms.